The third-order valence-corrected chi connectivity index (χ3v) is 10.3. The van der Waals surface area contributed by atoms with Crippen molar-refractivity contribution in [1.29, 1.82) is 0 Å². The van der Waals surface area contributed by atoms with Crippen LogP contribution < -0.4 is 5.32 Å². The molecule has 1 heterocycles. The van der Waals surface area contributed by atoms with Gasteiger partial charge >= 0.3 is 0 Å². The molecular weight excluding hydrogens is 572 g/mol. The smallest absolute Gasteiger partial charge is 0.237 e. The average molecular weight is 611 g/mol. The van der Waals surface area contributed by atoms with Crippen LogP contribution in [0.2, 0.25) is 0 Å². The van der Waals surface area contributed by atoms with E-state index in [2.05, 4.69) is 5.32 Å². The number of likely N-dealkylation sites (tertiary alicyclic amines) is 1. The highest BCUT2D eigenvalue weighted by Crippen LogP contribution is 2.60. The zero-order valence-electron chi connectivity index (χ0n) is 25.8. The summed E-state index contributed by atoms with van der Waals surface area (Å²) in [5.74, 6) is -1.74. The molecule has 3 atom stereocenters. The quantitative estimate of drug-likeness (QED) is 0.195. The summed E-state index contributed by atoms with van der Waals surface area (Å²) < 4.78 is 0. The van der Waals surface area contributed by atoms with Gasteiger partial charge in [-0.2, -0.15) is 0 Å². The second-order valence-corrected chi connectivity index (χ2v) is 13.1. The van der Waals surface area contributed by atoms with Crippen LogP contribution in [0.4, 0.5) is 0 Å². The summed E-state index contributed by atoms with van der Waals surface area (Å²) in [5.41, 5.74) is 1.57. The van der Waals surface area contributed by atoms with Crippen molar-refractivity contribution >= 4 is 23.4 Å². The van der Waals surface area contributed by atoms with Crippen LogP contribution in [0.15, 0.2) is 121 Å². The molecule has 4 aromatic carbocycles. The van der Waals surface area contributed by atoms with Crippen LogP contribution in [0, 0.1) is 16.7 Å². The molecule has 4 aromatic rings. The second kappa shape index (κ2) is 12.2. The molecule has 1 N–H and O–H groups in total. The molecule has 3 aliphatic rings. The van der Waals surface area contributed by atoms with Crippen LogP contribution in [0.1, 0.15) is 66.3 Å². The van der Waals surface area contributed by atoms with Gasteiger partial charge in [-0.1, -0.05) is 121 Å². The van der Waals surface area contributed by atoms with Gasteiger partial charge in [0.1, 0.15) is 16.6 Å². The molecular formula is C40H38N2O4. The fraction of sp³-hybridized carbons (Fsp3) is 0.300. The first-order chi connectivity index (χ1) is 22.4. The van der Waals surface area contributed by atoms with E-state index in [4.69, 9.17) is 0 Å². The van der Waals surface area contributed by atoms with Crippen LogP contribution >= 0.6 is 0 Å². The normalized spacial score (nSPS) is 21.4. The highest BCUT2D eigenvalue weighted by atomic mass is 16.2. The van der Waals surface area contributed by atoms with Gasteiger partial charge in [0.05, 0.1) is 12.0 Å². The first-order valence-corrected chi connectivity index (χ1v) is 16.3. The number of carbonyl (C=O) groups is 4. The van der Waals surface area contributed by atoms with E-state index in [1.807, 2.05) is 126 Å². The van der Waals surface area contributed by atoms with Crippen molar-refractivity contribution in [2.75, 3.05) is 0 Å². The van der Waals surface area contributed by atoms with Gasteiger partial charge in [-0.3, -0.25) is 19.2 Å². The summed E-state index contributed by atoms with van der Waals surface area (Å²) >= 11 is 0. The Morgan fingerprint density at radius 2 is 1.26 bits per heavy atom. The fourth-order valence-electron chi connectivity index (χ4n) is 7.39. The topological polar surface area (TPSA) is 83.6 Å². The van der Waals surface area contributed by atoms with Gasteiger partial charge in [-0.15, -0.1) is 0 Å². The number of hydrogen-bond donors (Lipinski definition) is 1. The van der Waals surface area contributed by atoms with Crippen LogP contribution in [0.3, 0.4) is 0 Å². The Labute approximate surface area is 269 Å². The summed E-state index contributed by atoms with van der Waals surface area (Å²) in [6.45, 7) is 0.721. The van der Waals surface area contributed by atoms with Crippen molar-refractivity contribution in [2.45, 2.75) is 57.2 Å². The molecule has 6 heteroatoms. The number of nitrogens with zero attached hydrogens (tertiary/aromatic N) is 1. The molecule has 2 aliphatic carbocycles. The lowest BCUT2D eigenvalue weighted by atomic mass is 9.66. The molecule has 1 saturated heterocycles. The fourth-order valence-corrected chi connectivity index (χ4v) is 7.39. The van der Waals surface area contributed by atoms with Gasteiger partial charge in [-0.25, -0.2) is 0 Å². The Hall–Kier alpha value is -4.84. The van der Waals surface area contributed by atoms with Crippen LogP contribution in [-0.4, -0.2) is 28.3 Å². The van der Waals surface area contributed by atoms with Gasteiger partial charge in [0.15, 0.2) is 5.78 Å². The summed E-state index contributed by atoms with van der Waals surface area (Å²) in [7, 11) is 0. The van der Waals surface area contributed by atoms with Gasteiger partial charge in [0.2, 0.25) is 11.8 Å². The minimum Gasteiger partial charge on any atom is -0.351 e. The molecule has 232 valence electrons. The Morgan fingerprint density at radius 3 is 1.83 bits per heavy atom. The number of amides is 2. The van der Waals surface area contributed by atoms with E-state index in [1.54, 1.807) is 0 Å². The maximum Gasteiger partial charge on any atom is 0.237 e. The SMILES string of the molecule is O=C(C[C@@H](c1ccccc1)[C@@H]1C(=O)C2(CC2)C(=O)N(Cc2ccccc2)[C@H]1c1ccccc1)C1(C(=O)NCc2ccccc2)CC1. The lowest BCUT2D eigenvalue weighted by molar-refractivity contribution is -0.158. The first kappa shape index (κ1) is 29.8. The van der Waals surface area contributed by atoms with Crippen LogP contribution in [0.25, 0.3) is 0 Å². The average Bonchev–Trinajstić information content (AvgIpc) is 4.04. The molecule has 0 radical (unpaired) electrons. The molecule has 0 aromatic heterocycles. The van der Waals surface area contributed by atoms with E-state index >= 15 is 0 Å². The molecule has 7 rings (SSSR count). The van der Waals surface area contributed by atoms with Gasteiger partial charge in [-0.05, 0) is 47.9 Å². The summed E-state index contributed by atoms with van der Waals surface area (Å²) in [6.07, 6.45) is 2.09. The number of nitrogens with one attached hydrogen (secondary N) is 1. The summed E-state index contributed by atoms with van der Waals surface area (Å²) in [5, 5.41) is 3.00. The van der Waals surface area contributed by atoms with Crippen molar-refractivity contribution in [3.8, 4) is 0 Å². The van der Waals surface area contributed by atoms with Gasteiger partial charge in [0, 0.05) is 25.4 Å². The minimum absolute atomic E-state index is 0.0476. The lowest BCUT2D eigenvalue weighted by Crippen LogP contribution is -2.55. The zero-order chi connectivity index (χ0) is 31.7. The largest absolute Gasteiger partial charge is 0.351 e. The van der Waals surface area contributed by atoms with E-state index in [0.717, 1.165) is 22.3 Å². The second-order valence-electron chi connectivity index (χ2n) is 13.1. The third-order valence-electron chi connectivity index (χ3n) is 10.3. The van der Waals surface area contributed by atoms with E-state index in [1.165, 1.54) is 0 Å². The number of rotatable bonds is 11. The van der Waals surface area contributed by atoms with E-state index in [9.17, 15) is 19.2 Å². The first-order valence-electron chi connectivity index (χ1n) is 16.3. The number of benzene rings is 4. The van der Waals surface area contributed by atoms with Gasteiger partial charge < -0.3 is 10.2 Å². The number of piperidine rings is 1. The van der Waals surface area contributed by atoms with Crippen molar-refractivity contribution in [1.82, 2.24) is 10.2 Å². The van der Waals surface area contributed by atoms with Crippen molar-refractivity contribution in [3.05, 3.63) is 144 Å². The van der Waals surface area contributed by atoms with Crippen molar-refractivity contribution in [3.63, 3.8) is 0 Å². The molecule has 0 unspecified atom stereocenters. The maximum absolute atomic E-state index is 14.7. The van der Waals surface area contributed by atoms with E-state index < -0.39 is 28.7 Å². The molecule has 2 amide bonds. The Bertz CT molecular complexity index is 1730. The predicted octanol–water partition coefficient (Wildman–Crippen LogP) is 6.58. The maximum atomic E-state index is 14.7. The van der Waals surface area contributed by atoms with E-state index in [0.29, 0.717) is 38.8 Å². The number of hydrogen-bond acceptors (Lipinski definition) is 4. The van der Waals surface area contributed by atoms with Gasteiger partial charge in [0.25, 0.3) is 0 Å². The molecule has 0 bridgehead atoms. The zero-order valence-corrected chi connectivity index (χ0v) is 25.8. The van der Waals surface area contributed by atoms with Crippen molar-refractivity contribution < 1.29 is 19.2 Å². The standard InChI is InChI=1S/C40H38N2O4/c43-33(39(21-22-39)37(45)41-26-28-13-5-1-6-14-28)25-32(30-17-9-3-10-18-30)34-35(31-19-11-4-12-20-31)42(27-29-15-7-2-8-16-29)38(46)40(23-24-40)36(34)44/h1-20,32,34-35H,21-27H2,(H,41,45)/t32-,34-,35-/m0/s1. The Balaban J connectivity index is 1.26. The predicted molar refractivity (Wildman–Crippen MR) is 175 cm³/mol. The summed E-state index contributed by atoms with van der Waals surface area (Å²) in [6, 6.07) is 38.4. The summed E-state index contributed by atoms with van der Waals surface area (Å²) in [4.78, 5) is 58.7. The Morgan fingerprint density at radius 1 is 0.717 bits per heavy atom. The molecule has 1 aliphatic heterocycles. The van der Waals surface area contributed by atoms with Crippen LogP contribution in [-0.2, 0) is 32.3 Å². The Kier molecular flexibility index (Phi) is 7.89. The third kappa shape index (κ3) is 5.46. The number of Topliss-reactive ketones (excluding diaryl/α,β-unsaturated/α-hetero) is 2. The molecule has 6 nitrogen and oxygen atoms in total. The van der Waals surface area contributed by atoms with E-state index in [-0.39, 0.29) is 29.8 Å². The highest BCUT2D eigenvalue weighted by Gasteiger charge is 2.66. The molecule has 46 heavy (non-hydrogen) atoms. The molecule has 1 spiro atoms. The lowest BCUT2D eigenvalue weighted by Gasteiger charge is -2.47. The molecule has 3 fully saturated rings. The monoisotopic (exact) mass is 610 g/mol. The van der Waals surface area contributed by atoms with Crippen molar-refractivity contribution in [2.24, 2.45) is 16.7 Å². The van der Waals surface area contributed by atoms with Crippen LogP contribution in [0.5, 0.6) is 0 Å². The number of carbonyl (C=O) groups excluding carboxylic acids is 4. The molecule has 2 saturated carbocycles. The minimum atomic E-state index is -1.08. The number of ketones is 2. The highest BCUT2D eigenvalue weighted by molar-refractivity contribution is 6.13.